The van der Waals surface area contributed by atoms with Crippen LogP contribution in [0.3, 0.4) is 0 Å². The van der Waals surface area contributed by atoms with Gasteiger partial charge >= 0.3 is 12.0 Å². The highest BCUT2D eigenvalue weighted by atomic mass is 16.5. The van der Waals surface area contributed by atoms with Gasteiger partial charge in [0.15, 0.2) is 0 Å². The van der Waals surface area contributed by atoms with Crippen molar-refractivity contribution in [2.45, 2.75) is 13.3 Å². The number of amides is 2. The number of urea groups is 1. The zero-order chi connectivity index (χ0) is 14.7. The maximum absolute atomic E-state index is 12.4. The third-order valence-electron chi connectivity index (χ3n) is 4.10. The number of hydrogen-bond donors (Lipinski definition) is 1. The van der Waals surface area contributed by atoms with Crippen molar-refractivity contribution in [2.75, 3.05) is 39.9 Å². The Morgan fingerprint density at radius 2 is 2.15 bits per heavy atom. The molecule has 1 saturated heterocycles. The fourth-order valence-electron chi connectivity index (χ4n) is 2.85. The first-order chi connectivity index (χ1) is 9.52. The number of rotatable bonds is 3. The third kappa shape index (κ3) is 3.12. The Bertz CT molecular complexity index is 421. The van der Waals surface area contributed by atoms with Crippen molar-refractivity contribution in [3.8, 4) is 0 Å². The van der Waals surface area contributed by atoms with E-state index in [1.165, 1.54) is 5.57 Å². The Balaban J connectivity index is 1.92. The maximum Gasteiger partial charge on any atom is 0.320 e. The van der Waals surface area contributed by atoms with Gasteiger partial charge in [-0.15, -0.1) is 0 Å². The molecule has 1 N–H and O–H groups in total. The molecule has 2 aliphatic rings. The first kappa shape index (κ1) is 14.8. The molecule has 1 fully saturated rings. The fourth-order valence-corrected chi connectivity index (χ4v) is 2.85. The van der Waals surface area contributed by atoms with Crippen LogP contribution >= 0.6 is 0 Å². The van der Waals surface area contributed by atoms with Gasteiger partial charge in [-0.05, 0) is 17.9 Å². The van der Waals surface area contributed by atoms with Crippen LogP contribution in [0.15, 0.2) is 11.6 Å². The molecule has 112 valence electrons. The van der Waals surface area contributed by atoms with Crippen LogP contribution in [0.25, 0.3) is 0 Å². The van der Waals surface area contributed by atoms with Gasteiger partial charge in [0.1, 0.15) is 0 Å². The molecule has 2 atom stereocenters. The van der Waals surface area contributed by atoms with Crippen molar-refractivity contribution in [2.24, 2.45) is 11.8 Å². The van der Waals surface area contributed by atoms with Gasteiger partial charge in [0, 0.05) is 33.3 Å². The Hall–Kier alpha value is -1.56. The molecule has 2 rings (SSSR count). The van der Waals surface area contributed by atoms with Crippen molar-refractivity contribution in [1.29, 1.82) is 0 Å². The summed E-state index contributed by atoms with van der Waals surface area (Å²) in [5, 5.41) is 9.11. The molecule has 0 aliphatic carbocycles. The zero-order valence-corrected chi connectivity index (χ0v) is 12.0. The quantitative estimate of drug-likeness (QED) is 0.785. The molecule has 6 heteroatoms. The van der Waals surface area contributed by atoms with E-state index in [9.17, 15) is 9.59 Å². The molecule has 6 nitrogen and oxygen atoms in total. The molecule has 2 aliphatic heterocycles. The second kappa shape index (κ2) is 6.26. The molecule has 2 unspecified atom stereocenters. The lowest BCUT2D eigenvalue weighted by molar-refractivity contribution is -0.142. The summed E-state index contributed by atoms with van der Waals surface area (Å²) in [4.78, 5) is 26.9. The second-order valence-electron chi connectivity index (χ2n) is 5.60. The molecule has 0 aromatic carbocycles. The predicted octanol–water partition coefficient (Wildman–Crippen LogP) is 1.04. The molecule has 0 radical (unpaired) electrons. The number of likely N-dealkylation sites (tertiary alicyclic amines) is 1. The minimum absolute atomic E-state index is 0.0147. The van der Waals surface area contributed by atoms with Gasteiger partial charge in [-0.25, -0.2) is 4.79 Å². The van der Waals surface area contributed by atoms with Gasteiger partial charge in [0.25, 0.3) is 0 Å². The monoisotopic (exact) mass is 282 g/mol. The van der Waals surface area contributed by atoms with Crippen LogP contribution in [0.4, 0.5) is 4.79 Å². The molecule has 0 bridgehead atoms. The Morgan fingerprint density at radius 3 is 2.65 bits per heavy atom. The third-order valence-corrected chi connectivity index (χ3v) is 4.10. The number of nitrogens with zero attached hydrogens (tertiary/aromatic N) is 2. The highest BCUT2D eigenvalue weighted by Crippen LogP contribution is 2.25. The minimum Gasteiger partial charge on any atom is -0.481 e. The summed E-state index contributed by atoms with van der Waals surface area (Å²) in [6.45, 7) is 4.61. The van der Waals surface area contributed by atoms with Crippen molar-refractivity contribution in [3.05, 3.63) is 11.6 Å². The van der Waals surface area contributed by atoms with E-state index in [1.807, 2.05) is 13.0 Å². The number of aliphatic carboxylic acids is 1. The number of carbonyl (C=O) groups is 2. The standard InChI is InChI=1S/C14H22N2O4/c1-10-7-16(8-12(10)13(17)18)14(19)15-5-3-11(4-6-15)9-20-2/h3,10,12H,4-9H2,1-2H3,(H,17,18). The summed E-state index contributed by atoms with van der Waals surface area (Å²) in [6.07, 6.45) is 2.85. The van der Waals surface area contributed by atoms with E-state index in [0.717, 1.165) is 6.42 Å². The summed E-state index contributed by atoms with van der Waals surface area (Å²) in [5.74, 6) is -1.24. The molecular formula is C14H22N2O4. The lowest BCUT2D eigenvalue weighted by atomic mass is 9.99. The van der Waals surface area contributed by atoms with E-state index in [0.29, 0.717) is 32.8 Å². The molecule has 2 heterocycles. The second-order valence-corrected chi connectivity index (χ2v) is 5.60. The number of carboxylic acid groups (broad SMARTS) is 1. The van der Waals surface area contributed by atoms with E-state index < -0.39 is 11.9 Å². The number of ether oxygens (including phenoxy) is 1. The van der Waals surface area contributed by atoms with Crippen molar-refractivity contribution in [3.63, 3.8) is 0 Å². The van der Waals surface area contributed by atoms with Crippen LogP contribution in [0.2, 0.25) is 0 Å². The van der Waals surface area contributed by atoms with Crippen molar-refractivity contribution >= 4 is 12.0 Å². The molecular weight excluding hydrogens is 260 g/mol. The van der Waals surface area contributed by atoms with E-state index in [-0.39, 0.29) is 11.9 Å². The smallest absolute Gasteiger partial charge is 0.320 e. The Labute approximate surface area is 119 Å². The number of carbonyl (C=O) groups excluding carboxylic acids is 1. The molecule has 0 aromatic heterocycles. The fraction of sp³-hybridized carbons (Fsp3) is 0.714. The highest BCUT2D eigenvalue weighted by Gasteiger charge is 2.38. The van der Waals surface area contributed by atoms with Crippen LogP contribution in [0.5, 0.6) is 0 Å². The van der Waals surface area contributed by atoms with Gasteiger partial charge in [-0.3, -0.25) is 4.79 Å². The van der Waals surface area contributed by atoms with Crippen LogP contribution in [0, 0.1) is 11.8 Å². The van der Waals surface area contributed by atoms with Crippen LogP contribution < -0.4 is 0 Å². The summed E-state index contributed by atoms with van der Waals surface area (Å²) >= 11 is 0. The van der Waals surface area contributed by atoms with Gasteiger partial charge in [-0.1, -0.05) is 13.0 Å². The van der Waals surface area contributed by atoms with E-state index in [2.05, 4.69) is 0 Å². The normalized spacial score (nSPS) is 26.6. The van der Waals surface area contributed by atoms with E-state index >= 15 is 0 Å². The summed E-state index contributed by atoms with van der Waals surface area (Å²) in [5.41, 5.74) is 1.22. The van der Waals surface area contributed by atoms with Crippen LogP contribution in [0.1, 0.15) is 13.3 Å². The minimum atomic E-state index is -0.811. The van der Waals surface area contributed by atoms with Gasteiger partial charge in [0.05, 0.1) is 12.5 Å². The van der Waals surface area contributed by atoms with E-state index in [4.69, 9.17) is 9.84 Å². The molecule has 2 amide bonds. The average molecular weight is 282 g/mol. The molecule has 0 saturated carbocycles. The SMILES string of the molecule is COCC1=CCN(C(=O)N2CC(C)C(C(=O)O)C2)CC1. The summed E-state index contributed by atoms with van der Waals surface area (Å²) in [7, 11) is 1.66. The lowest BCUT2D eigenvalue weighted by Crippen LogP contribution is -2.44. The molecule has 0 aromatic rings. The van der Waals surface area contributed by atoms with E-state index in [1.54, 1.807) is 16.9 Å². The van der Waals surface area contributed by atoms with Crippen LogP contribution in [-0.2, 0) is 9.53 Å². The lowest BCUT2D eigenvalue weighted by Gasteiger charge is -2.30. The first-order valence-corrected chi connectivity index (χ1v) is 6.96. The van der Waals surface area contributed by atoms with Crippen molar-refractivity contribution in [1.82, 2.24) is 9.80 Å². The Kier molecular flexibility index (Phi) is 4.65. The Morgan fingerprint density at radius 1 is 1.40 bits per heavy atom. The predicted molar refractivity (Wildman–Crippen MR) is 73.4 cm³/mol. The summed E-state index contributed by atoms with van der Waals surface area (Å²) < 4.78 is 5.08. The topological polar surface area (TPSA) is 70.1 Å². The average Bonchev–Trinajstić information content (AvgIpc) is 2.81. The highest BCUT2D eigenvalue weighted by molar-refractivity contribution is 5.78. The van der Waals surface area contributed by atoms with Crippen molar-refractivity contribution < 1.29 is 19.4 Å². The summed E-state index contributed by atoms with van der Waals surface area (Å²) in [6, 6.07) is -0.0479. The number of methoxy groups -OCH3 is 1. The zero-order valence-electron chi connectivity index (χ0n) is 12.0. The molecule has 0 spiro atoms. The first-order valence-electron chi connectivity index (χ1n) is 6.96. The largest absolute Gasteiger partial charge is 0.481 e. The van der Waals surface area contributed by atoms with Gasteiger partial charge < -0.3 is 19.6 Å². The molecule has 20 heavy (non-hydrogen) atoms. The maximum atomic E-state index is 12.4. The van der Waals surface area contributed by atoms with Gasteiger partial charge in [0.2, 0.25) is 0 Å². The number of carboxylic acids is 1. The van der Waals surface area contributed by atoms with Gasteiger partial charge in [-0.2, -0.15) is 0 Å². The number of hydrogen-bond acceptors (Lipinski definition) is 3. The van der Waals surface area contributed by atoms with Crippen LogP contribution in [-0.4, -0.2) is 66.8 Å².